The molecular weight excluding hydrogens is 264 g/mol. The molecule has 21 heavy (non-hydrogen) atoms. The third-order valence-corrected chi connectivity index (χ3v) is 3.89. The van der Waals surface area contributed by atoms with Crippen LogP contribution in [0.5, 0.6) is 0 Å². The molecule has 2 rings (SSSR count). The molecule has 1 aromatic rings. The predicted octanol–water partition coefficient (Wildman–Crippen LogP) is 2.57. The van der Waals surface area contributed by atoms with Crippen molar-refractivity contribution in [1.82, 2.24) is 5.32 Å². The summed E-state index contributed by atoms with van der Waals surface area (Å²) in [6.07, 6.45) is 0.894. The highest BCUT2D eigenvalue weighted by molar-refractivity contribution is 5.97. The van der Waals surface area contributed by atoms with Gasteiger partial charge in [0.2, 0.25) is 11.8 Å². The molecule has 114 valence electrons. The van der Waals surface area contributed by atoms with E-state index >= 15 is 0 Å². The van der Waals surface area contributed by atoms with Gasteiger partial charge in [-0.3, -0.25) is 9.59 Å². The van der Waals surface area contributed by atoms with Crippen molar-refractivity contribution in [3.8, 4) is 0 Å². The van der Waals surface area contributed by atoms with Crippen molar-refractivity contribution in [2.75, 3.05) is 11.4 Å². The largest absolute Gasteiger partial charge is 0.351 e. The first kappa shape index (κ1) is 15.5. The number of carbonyl (C=O) groups excluding carboxylic acids is 2. The van der Waals surface area contributed by atoms with Crippen molar-refractivity contribution in [2.45, 2.75) is 46.6 Å². The topological polar surface area (TPSA) is 49.4 Å². The maximum Gasteiger partial charge on any atom is 0.229 e. The zero-order valence-electron chi connectivity index (χ0n) is 13.3. The molecule has 1 aliphatic heterocycles. The van der Waals surface area contributed by atoms with Gasteiger partial charge in [-0.2, -0.15) is 0 Å². The molecule has 0 bridgehead atoms. The summed E-state index contributed by atoms with van der Waals surface area (Å²) in [5.41, 5.74) is 3.31. The molecule has 1 atom stereocenters. The summed E-state index contributed by atoms with van der Waals surface area (Å²) in [7, 11) is 0. The minimum absolute atomic E-state index is 0.0322. The Morgan fingerprint density at radius 2 is 2.05 bits per heavy atom. The Morgan fingerprint density at radius 1 is 1.33 bits per heavy atom. The first-order valence-electron chi connectivity index (χ1n) is 7.53. The lowest BCUT2D eigenvalue weighted by Crippen LogP contribution is -2.37. The van der Waals surface area contributed by atoms with E-state index in [0.29, 0.717) is 25.3 Å². The van der Waals surface area contributed by atoms with Gasteiger partial charge in [0.1, 0.15) is 0 Å². The Kier molecular flexibility index (Phi) is 4.66. The summed E-state index contributed by atoms with van der Waals surface area (Å²) in [6.45, 7) is 8.69. The highest BCUT2D eigenvalue weighted by atomic mass is 16.2. The molecule has 1 aromatic carbocycles. The first-order chi connectivity index (χ1) is 9.86. The van der Waals surface area contributed by atoms with Crippen LogP contribution in [0, 0.1) is 19.8 Å². The summed E-state index contributed by atoms with van der Waals surface area (Å²) in [5, 5.41) is 2.96. The van der Waals surface area contributed by atoms with Gasteiger partial charge in [-0.25, -0.2) is 0 Å². The van der Waals surface area contributed by atoms with Gasteiger partial charge >= 0.3 is 0 Å². The maximum atomic E-state index is 12.2. The second-order valence-corrected chi connectivity index (χ2v) is 6.34. The Labute approximate surface area is 126 Å². The third kappa shape index (κ3) is 3.84. The Balaban J connectivity index is 2.02. The molecule has 1 aliphatic rings. The molecule has 1 heterocycles. The van der Waals surface area contributed by atoms with Crippen molar-refractivity contribution < 1.29 is 9.59 Å². The van der Waals surface area contributed by atoms with Gasteiger partial charge in [-0.15, -0.1) is 0 Å². The SMILES string of the molecule is Cc1ccc(N2CC(NC(=O)CC(C)C)CC2=O)cc1C. The molecule has 1 N–H and O–H groups in total. The van der Waals surface area contributed by atoms with E-state index in [1.54, 1.807) is 4.90 Å². The van der Waals surface area contributed by atoms with E-state index in [1.165, 1.54) is 11.1 Å². The zero-order chi connectivity index (χ0) is 15.6. The number of benzene rings is 1. The number of hydrogen-bond donors (Lipinski definition) is 1. The van der Waals surface area contributed by atoms with Crippen LogP contribution in [0.1, 0.15) is 37.8 Å². The van der Waals surface area contributed by atoms with E-state index in [1.807, 2.05) is 39.0 Å². The van der Waals surface area contributed by atoms with E-state index in [2.05, 4.69) is 12.2 Å². The van der Waals surface area contributed by atoms with E-state index in [4.69, 9.17) is 0 Å². The molecule has 0 radical (unpaired) electrons. The highest BCUT2D eigenvalue weighted by Gasteiger charge is 2.31. The highest BCUT2D eigenvalue weighted by Crippen LogP contribution is 2.24. The minimum atomic E-state index is -0.0784. The second-order valence-electron chi connectivity index (χ2n) is 6.34. The first-order valence-corrected chi connectivity index (χ1v) is 7.53. The molecule has 0 aromatic heterocycles. The molecule has 1 unspecified atom stereocenters. The Bertz CT molecular complexity index is 552. The number of carbonyl (C=O) groups is 2. The van der Waals surface area contributed by atoms with Gasteiger partial charge in [-0.1, -0.05) is 19.9 Å². The van der Waals surface area contributed by atoms with Gasteiger partial charge in [0.25, 0.3) is 0 Å². The standard InChI is InChI=1S/C17H24N2O2/c1-11(2)7-16(20)18-14-9-17(21)19(10-14)15-6-5-12(3)13(4)8-15/h5-6,8,11,14H,7,9-10H2,1-4H3,(H,18,20). The fraction of sp³-hybridized carbons (Fsp3) is 0.529. The Hall–Kier alpha value is -1.84. The van der Waals surface area contributed by atoms with Gasteiger partial charge in [0.15, 0.2) is 0 Å². The van der Waals surface area contributed by atoms with E-state index in [9.17, 15) is 9.59 Å². The smallest absolute Gasteiger partial charge is 0.229 e. The van der Waals surface area contributed by atoms with Crippen molar-refractivity contribution in [3.63, 3.8) is 0 Å². The van der Waals surface area contributed by atoms with Crippen LogP contribution in [0.2, 0.25) is 0 Å². The van der Waals surface area contributed by atoms with E-state index in [0.717, 1.165) is 5.69 Å². The average Bonchev–Trinajstić information content (AvgIpc) is 2.72. The molecular formula is C17H24N2O2. The van der Waals surface area contributed by atoms with Crippen molar-refractivity contribution in [1.29, 1.82) is 0 Å². The number of anilines is 1. The predicted molar refractivity (Wildman–Crippen MR) is 84.3 cm³/mol. The molecule has 4 heteroatoms. The van der Waals surface area contributed by atoms with Crippen molar-refractivity contribution in [2.24, 2.45) is 5.92 Å². The normalized spacial score (nSPS) is 18.4. The zero-order valence-corrected chi connectivity index (χ0v) is 13.3. The summed E-state index contributed by atoms with van der Waals surface area (Å²) in [4.78, 5) is 25.7. The van der Waals surface area contributed by atoms with E-state index < -0.39 is 0 Å². The number of rotatable bonds is 4. The quantitative estimate of drug-likeness (QED) is 0.925. The van der Waals surface area contributed by atoms with Crippen molar-refractivity contribution in [3.05, 3.63) is 29.3 Å². The van der Waals surface area contributed by atoms with Gasteiger partial charge < -0.3 is 10.2 Å². The number of amides is 2. The van der Waals surface area contributed by atoms with Crippen LogP contribution in [0.4, 0.5) is 5.69 Å². The molecule has 4 nitrogen and oxygen atoms in total. The average molecular weight is 288 g/mol. The third-order valence-electron chi connectivity index (χ3n) is 3.89. The van der Waals surface area contributed by atoms with Crippen LogP contribution in [-0.2, 0) is 9.59 Å². The lowest BCUT2D eigenvalue weighted by atomic mass is 10.1. The summed E-state index contributed by atoms with van der Waals surface area (Å²) in [6, 6.07) is 5.96. The number of hydrogen-bond acceptors (Lipinski definition) is 2. The fourth-order valence-corrected chi connectivity index (χ4v) is 2.60. The lowest BCUT2D eigenvalue weighted by molar-refractivity contribution is -0.122. The fourth-order valence-electron chi connectivity index (χ4n) is 2.60. The van der Waals surface area contributed by atoms with Crippen LogP contribution in [0.15, 0.2) is 18.2 Å². The summed E-state index contributed by atoms with van der Waals surface area (Å²) < 4.78 is 0. The monoisotopic (exact) mass is 288 g/mol. The van der Waals surface area contributed by atoms with Crippen LogP contribution >= 0.6 is 0 Å². The summed E-state index contributed by atoms with van der Waals surface area (Å²) in [5.74, 6) is 0.441. The van der Waals surface area contributed by atoms with Crippen LogP contribution in [-0.4, -0.2) is 24.4 Å². The van der Waals surface area contributed by atoms with Crippen molar-refractivity contribution >= 4 is 17.5 Å². The van der Waals surface area contributed by atoms with Crippen LogP contribution in [0.3, 0.4) is 0 Å². The van der Waals surface area contributed by atoms with Gasteiger partial charge in [-0.05, 0) is 43.0 Å². The minimum Gasteiger partial charge on any atom is -0.351 e. The van der Waals surface area contributed by atoms with Crippen LogP contribution < -0.4 is 10.2 Å². The molecule has 1 fully saturated rings. The molecule has 1 saturated heterocycles. The van der Waals surface area contributed by atoms with Crippen LogP contribution in [0.25, 0.3) is 0 Å². The number of nitrogens with zero attached hydrogens (tertiary/aromatic N) is 1. The molecule has 0 saturated carbocycles. The molecule has 0 spiro atoms. The number of nitrogens with one attached hydrogen (secondary N) is 1. The lowest BCUT2D eigenvalue weighted by Gasteiger charge is -2.18. The number of aryl methyl sites for hydroxylation is 2. The summed E-state index contributed by atoms with van der Waals surface area (Å²) >= 11 is 0. The second kappa shape index (κ2) is 6.29. The van der Waals surface area contributed by atoms with E-state index in [-0.39, 0.29) is 17.9 Å². The molecule has 2 amide bonds. The van der Waals surface area contributed by atoms with Gasteiger partial charge in [0.05, 0.1) is 6.04 Å². The Morgan fingerprint density at radius 3 is 2.67 bits per heavy atom. The maximum absolute atomic E-state index is 12.2. The molecule has 0 aliphatic carbocycles. The van der Waals surface area contributed by atoms with Gasteiger partial charge in [0, 0.05) is 25.1 Å².